The van der Waals surface area contributed by atoms with Gasteiger partial charge >= 0.3 is 0 Å². The molecule has 2 aromatic rings. The van der Waals surface area contributed by atoms with E-state index in [1.165, 1.54) is 6.07 Å². The summed E-state index contributed by atoms with van der Waals surface area (Å²) in [5.74, 6) is 0.708. The van der Waals surface area contributed by atoms with Crippen molar-refractivity contribution in [1.82, 2.24) is 4.98 Å². The third-order valence-electron chi connectivity index (χ3n) is 2.79. The molecule has 0 saturated heterocycles. The number of hydrogen-bond donors (Lipinski definition) is 1. The van der Waals surface area contributed by atoms with Crippen molar-refractivity contribution in [1.29, 1.82) is 0 Å². The van der Waals surface area contributed by atoms with Crippen LogP contribution in [0.1, 0.15) is 18.2 Å². The SMILES string of the molecule is CCOc1ccc(CNc2ccc(Br)c(C)n2)cc1F. The van der Waals surface area contributed by atoms with E-state index in [4.69, 9.17) is 4.74 Å². The minimum Gasteiger partial charge on any atom is -0.491 e. The number of halogens is 2. The van der Waals surface area contributed by atoms with E-state index in [2.05, 4.69) is 26.2 Å². The maximum atomic E-state index is 13.7. The van der Waals surface area contributed by atoms with Crippen LogP contribution < -0.4 is 10.1 Å². The van der Waals surface area contributed by atoms with Crippen molar-refractivity contribution in [2.45, 2.75) is 20.4 Å². The summed E-state index contributed by atoms with van der Waals surface area (Å²) in [6.45, 7) is 4.72. The minimum atomic E-state index is -0.342. The van der Waals surface area contributed by atoms with Crippen molar-refractivity contribution in [3.63, 3.8) is 0 Å². The number of anilines is 1. The van der Waals surface area contributed by atoms with E-state index in [0.29, 0.717) is 13.2 Å². The van der Waals surface area contributed by atoms with E-state index in [1.54, 1.807) is 6.07 Å². The number of aryl methyl sites for hydroxylation is 1. The summed E-state index contributed by atoms with van der Waals surface area (Å²) < 4.78 is 19.8. The minimum absolute atomic E-state index is 0.286. The molecule has 1 aromatic carbocycles. The normalized spacial score (nSPS) is 10.4. The van der Waals surface area contributed by atoms with Gasteiger partial charge in [0.15, 0.2) is 11.6 Å². The molecule has 0 fully saturated rings. The van der Waals surface area contributed by atoms with Gasteiger partial charge in [0, 0.05) is 11.0 Å². The van der Waals surface area contributed by atoms with Crippen LogP contribution in [0.4, 0.5) is 10.2 Å². The van der Waals surface area contributed by atoms with Crippen LogP contribution in [0.15, 0.2) is 34.8 Å². The van der Waals surface area contributed by atoms with Crippen molar-refractivity contribution >= 4 is 21.7 Å². The Hall–Kier alpha value is -1.62. The molecule has 0 atom stereocenters. The monoisotopic (exact) mass is 338 g/mol. The molecule has 0 saturated carbocycles. The van der Waals surface area contributed by atoms with Crippen molar-refractivity contribution in [2.75, 3.05) is 11.9 Å². The first-order valence-corrected chi connectivity index (χ1v) is 7.17. The topological polar surface area (TPSA) is 34.1 Å². The number of nitrogens with zero attached hydrogens (tertiary/aromatic N) is 1. The maximum absolute atomic E-state index is 13.7. The van der Waals surface area contributed by atoms with Crippen LogP contribution in [0.3, 0.4) is 0 Å². The van der Waals surface area contributed by atoms with Gasteiger partial charge < -0.3 is 10.1 Å². The van der Waals surface area contributed by atoms with Crippen LogP contribution in [0, 0.1) is 12.7 Å². The van der Waals surface area contributed by atoms with Crippen molar-refractivity contribution < 1.29 is 9.13 Å². The van der Waals surface area contributed by atoms with Crippen molar-refractivity contribution in [2.24, 2.45) is 0 Å². The summed E-state index contributed by atoms with van der Waals surface area (Å²) in [6.07, 6.45) is 0. The molecule has 0 aliphatic heterocycles. The highest BCUT2D eigenvalue weighted by molar-refractivity contribution is 9.10. The van der Waals surface area contributed by atoms with Crippen molar-refractivity contribution in [3.05, 3.63) is 51.9 Å². The molecular formula is C15H16BrFN2O. The summed E-state index contributed by atoms with van der Waals surface area (Å²) in [5.41, 5.74) is 1.75. The third kappa shape index (κ3) is 3.70. The number of pyridine rings is 1. The van der Waals surface area contributed by atoms with Gasteiger partial charge in [-0.2, -0.15) is 0 Å². The molecule has 0 aliphatic carbocycles. The van der Waals surface area contributed by atoms with E-state index in [0.717, 1.165) is 21.5 Å². The fourth-order valence-electron chi connectivity index (χ4n) is 1.76. The van der Waals surface area contributed by atoms with E-state index in [9.17, 15) is 4.39 Å². The number of rotatable bonds is 5. The molecular weight excluding hydrogens is 323 g/mol. The molecule has 0 amide bonds. The number of hydrogen-bond acceptors (Lipinski definition) is 3. The second kappa shape index (κ2) is 6.70. The Bertz CT molecular complexity index is 604. The highest BCUT2D eigenvalue weighted by Crippen LogP contribution is 2.20. The Kier molecular flexibility index (Phi) is 4.95. The first-order chi connectivity index (χ1) is 9.60. The highest BCUT2D eigenvalue weighted by Gasteiger charge is 2.05. The number of benzene rings is 1. The van der Waals surface area contributed by atoms with Crippen LogP contribution in [0.2, 0.25) is 0 Å². The Labute approximate surface area is 126 Å². The Morgan fingerprint density at radius 1 is 1.30 bits per heavy atom. The van der Waals surface area contributed by atoms with Gasteiger partial charge in [0.2, 0.25) is 0 Å². The van der Waals surface area contributed by atoms with Gasteiger partial charge in [-0.3, -0.25) is 0 Å². The van der Waals surface area contributed by atoms with E-state index in [1.807, 2.05) is 32.0 Å². The second-order valence-electron chi connectivity index (χ2n) is 4.32. The summed E-state index contributed by atoms with van der Waals surface area (Å²) in [7, 11) is 0. The zero-order valence-electron chi connectivity index (χ0n) is 11.4. The van der Waals surface area contributed by atoms with Crippen molar-refractivity contribution in [3.8, 4) is 5.75 Å². The lowest BCUT2D eigenvalue weighted by Gasteiger charge is -2.09. The first-order valence-electron chi connectivity index (χ1n) is 6.38. The fraction of sp³-hybridized carbons (Fsp3) is 0.267. The average Bonchev–Trinajstić information content (AvgIpc) is 2.43. The van der Waals surface area contributed by atoms with E-state index in [-0.39, 0.29) is 11.6 Å². The smallest absolute Gasteiger partial charge is 0.165 e. The zero-order valence-corrected chi connectivity index (χ0v) is 13.0. The Balaban J connectivity index is 2.03. The molecule has 0 aliphatic rings. The maximum Gasteiger partial charge on any atom is 0.165 e. The lowest BCUT2D eigenvalue weighted by molar-refractivity contribution is 0.321. The van der Waals surface area contributed by atoms with Gasteiger partial charge in [0.05, 0.1) is 12.3 Å². The quantitative estimate of drug-likeness (QED) is 0.882. The largest absolute Gasteiger partial charge is 0.491 e. The predicted molar refractivity (Wildman–Crippen MR) is 81.6 cm³/mol. The molecule has 0 bridgehead atoms. The summed E-state index contributed by atoms with van der Waals surface area (Å²) in [6, 6.07) is 8.78. The number of aromatic nitrogens is 1. The standard InChI is InChI=1S/C15H16BrFN2O/c1-3-20-14-6-4-11(8-13(14)17)9-18-15-7-5-12(16)10(2)19-15/h4-8H,3,9H2,1-2H3,(H,18,19). The van der Waals surface area contributed by atoms with E-state index >= 15 is 0 Å². The van der Waals surface area contributed by atoms with Crippen LogP contribution >= 0.6 is 15.9 Å². The molecule has 0 unspecified atom stereocenters. The summed E-state index contributed by atoms with van der Waals surface area (Å²) in [5, 5.41) is 3.17. The van der Waals surface area contributed by atoms with Crippen LogP contribution in [0.5, 0.6) is 5.75 Å². The molecule has 2 rings (SSSR count). The molecule has 5 heteroatoms. The van der Waals surface area contributed by atoms with Gasteiger partial charge in [-0.05, 0) is 59.6 Å². The van der Waals surface area contributed by atoms with Gasteiger partial charge in [-0.15, -0.1) is 0 Å². The predicted octanol–water partition coefficient (Wildman–Crippen LogP) is 4.30. The molecule has 106 valence electrons. The number of ether oxygens (including phenoxy) is 1. The average molecular weight is 339 g/mol. The zero-order chi connectivity index (χ0) is 14.5. The van der Waals surface area contributed by atoms with Gasteiger partial charge in [-0.1, -0.05) is 6.07 Å². The molecule has 1 aromatic heterocycles. The lowest BCUT2D eigenvalue weighted by Crippen LogP contribution is -2.03. The van der Waals surface area contributed by atoms with Crippen LogP contribution in [-0.4, -0.2) is 11.6 Å². The molecule has 1 N–H and O–H groups in total. The first kappa shape index (κ1) is 14.8. The van der Waals surface area contributed by atoms with Gasteiger partial charge in [0.25, 0.3) is 0 Å². The van der Waals surface area contributed by atoms with Crippen LogP contribution in [-0.2, 0) is 6.54 Å². The molecule has 1 heterocycles. The molecule has 3 nitrogen and oxygen atoms in total. The fourth-order valence-corrected chi connectivity index (χ4v) is 1.98. The second-order valence-corrected chi connectivity index (χ2v) is 5.17. The van der Waals surface area contributed by atoms with E-state index < -0.39 is 0 Å². The Morgan fingerprint density at radius 2 is 2.10 bits per heavy atom. The summed E-state index contributed by atoms with van der Waals surface area (Å²) >= 11 is 3.40. The van der Waals surface area contributed by atoms with Gasteiger partial charge in [-0.25, -0.2) is 9.37 Å². The van der Waals surface area contributed by atoms with Crippen LogP contribution in [0.25, 0.3) is 0 Å². The third-order valence-corrected chi connectivity index (χ3v) is 3.63. The van der Waals surface area contributed by atoms with Gasteiger partial charge in [0.1, 0.15) is 5.82 Å². The molecule has 20 heavy (non-hydrogen) atoms. The molecule has 0 spiro atoms. The summed E-state index contributed by atoms with van der Waals surface area (Å²) in [4.78, 5) is 4.38. The Morgan fingerprint density at radius 3 is 2.75 bits per heavy atom. The highest BCUT2D eigenvalue weighted by atomic mass is 79.9. The molecule has 0 radical (unpaired) electrons. The lowest BCUT2D eigenvalue weighted by atomic mass is 10.2. The number of nitrogens with one attached hydrogen (secondary N) is 1.